The molecule has 0 aliphatic heterocycles. The lowest BCUT2D eigenvalue weighted by molar-refractivity contribution is -0.125. The van der Waals surface area contributed by atoms with Crippen molar-refractivity contribution in [2.45, 2.75) is 25.3 Å². The fourth-order valence-electron chi connectivity index (χ4n) is 1.96. The van der Waals surface area contributed by atoms with E-state index >= 15 is 0 Å². The molecule has 1 heterocycles. The third kappa shape index (κ3) is 2.10. The van der Waals surface area contributed by atoms with Gasteiger partial charge in [0.2, 0.25) is 5.91 Å². The summed E-state index contributed by atoms with van der Waals surface area (Å²) in [6.07, 6.45) is 0. The van der Waals surface area contributed by atoms with Gasteiger partial charge in [0, 0.05) is 0 Å². The van der Waals surface area contributed by atoms with E-state index in [4.69, 9.17) is 17.3 Å². The number of aromatic nitrogens is 2. The molecule has 0 radical (unpaired) electrons. The van der Waals surface area contributed by atoms with Gasteiger partial charge in [0.05, 0.1) is 16.8 Å². The van der Waals surface area contributed by atoms with Crippen molar-refractivity contribution in [1.82, 2.24) is 9.55 Å². The number of primary amides is 1. The molecule has 0 unspecified atom stereocenters. The van der Waals surface area contributed by atoms with Crippen molar-refractivity contribution >= 4 is 28.4 Å². The molecule has 2 rings (SSSR count). The summed E-state index contributed by atoms with van der Waals surface area (Å²) < 4.78 is 1.27. The van der Waals surface area contributed by atoms with Crippen molar-refractivity contribution in [3.05, 3.63) is 40.4 Å². The van der Waals surface area contributed by atoms with E-state index in [9.17, 15) is 9.59 Å². The molecule has 0 fully saturated rings. The van der Waals surface area contributed by atoms with Gasteiger partial charge in [-0.2, -0.15) is 0 Å². The van der Waals surface area contributed by atoms with E-state index in [0.717, 1.165) is 0 Å². The zero-order valence-corrected chi connectivity index (χ0v) is 11.4. The Morgan fingerprint density at radius 3 is 2.63 bits per heavy atom. The molecule has 0 aliphatic carbocycles. The molecule has 0 aliphatic rings. The van der Waals surface area contributed by atoms with Crippen molar-refractivity contribution in [3.63, 3.8) is 0 Å². The number of nitrogens with zero attached hydrogens (tertiary/aromatic N) is 2. The van der Waals surface area contributed by atoms with Crippen LogP contribution in [0.5, 0.6) is 0 Å². The van der Waals surface area contributed by atoms with Crippen molar-refractivity contribution < 1.29 is 4.79 Å². The number of benzene rings is 1. The van der Waals surface area contributed by atoms with Gasteiger partial charge >= 0.3 is 0 Å². The largest absolute Gasteiger partial charge is 0.368 e. The third-order valence-electron chi connectivity index (χ3n) is 3.13. The monoisotopic (exact) mass is 279 g/mol. The fourth-order valence-corrected chi connectivity index (χ4v) is 2.13. The molecular formula is C13H14ClN3O2. The summed E-state index contributed by atoms with van der Waals surface area (Å²) in [7, 11) is 0. The van der Waals surface area contributed by atoms with Gasteiger partial charge in [-0.3, -0.25) is 14.2 Å². The second kappa shape index (κ2) is 4.66. The Morgan fingerprint density at radius 2 is 2.05 bits per heavy atom. The molecule has 1 aromatic heterocycles. The van der Waals surface area contributed by atoms with E-state index in [-0.39, 0.29) is 11.4 Å². The van der Waals surface area contributed by atoms with Gasteiger partial charge in [-0.15, -0.1) is 11.6 Å². The Balaban J connectivity index is 2.91. The molecule has 0 saturated heterocycles. The molecule has 5 nitrogen and oxygen atoms in total. The predicted molar refractivity (Wildman–Crippen MR) is 74.1 cm³/mol. The predicted octanol–water partition coefficient (Wildman–Crippen LogP) is 1.36. The zero-order valence-electron chi connectivity index (χ0n) is 10.7. The minimum Gasteiger partial charge on any atom is -0.368 e. The second-order valence-corrected chi connectivity index (χ2v) is 5.01. The molecule has 1 amide bonds. The Morgan fingerprint density at radius 1 is 1.42 bits per heavy atom. The van der Waals surface area contributed by atoms with Gasteiger partial charge in [-0.1, -0.05) is 12.1 Å². The van der Waals surface area contributed by atoms with Gasteiger partial charge in [-0.05, 0) is 26.0 Å². The van der Waals surface area contributed by atoms with Crippen molar-refractivity contribution in [2.75, 3.05) is 0 Å². The first-order chi connectivity index (χ1) is 8.89. The third-order valence-corrected chi connectivity index (χ3v) is 3.37. The summed E-state index contributed by atoms with van der Waals surface area (Å²) in [4.78, 5) is 28.4. The van der Waals surface area contributed by atoms with Crippen LogP contribution in [0.2, 0.25) is 0 Å². The number of hydrogen-bond donors (Lipinski definition) is 1. The lowest BCUT2D eigenvalue weighted by atomic mass is 10.0. The summed E-state index contributed by atoms with van der Waals surface area (Å²) in [5.41, 5.74) is 4.43. The van der Waals surface area contributed by atoms with Gasteiger partial charge in [-0.25, -0.2) is 4.98 Å². The van der Waals surface area contributed by atoms with Crippen LogP contribution in [0.4, 0.5) is 0 Å². The van der Waals surface area contributed by atoms with E-state index in [1.54, 1.807) is 38.1 Å². The highest BCUT2D eigenvalue weighted by Gasteiger charge is 2.31. The number of carbonyl (C=O) groups is 1. The van der Waals surface area contributed by atoms with Crippen LogP contribution in [0.15, 0.2) is 29.1 Å². The first-order valence-electron chi connectivity index (χ1n) is 5.76. The molecule has 1 aromatic carbocycles. The number of halogens is 1. The summed E-state index contributed by atoms with van der Waals surface area (Å²) in [5, 5.41) is 0.436. The lowest BCUT2D eigenvalue weighted by Gasteiger charge is -2.26. The topological polar surface area (TPSA) is 78.0 Å². The maximum atomic E-state index is 12.5. The number of rotatable bonds is 3. The van der Waals surface area contributed by atoms with Gasteiger partial charge < -0.3 is 5.73 Å². The number of nitrogens with two attached hydrogens (primary N) is 1. The second-order valence-electron chi connectivity index (χ2n) is 4.74. The molecule has 0 spiro atoms. The molecule has 2 N–H and O–H groups in total. The zero-order chi connectivity index (χ0) is 14.2. The fraction of sp³-hybridized carbons (Fsp3) is 0.308. The van der Waals surface area contributed by atoms with Crippen LogP contribution >= 0.6 is 11.6 Å². The average molecular weight is 280 g/mol. The number of para-hydroxylation sites is 1. The number of fused-ring (bicyclic) bond motifs is 1. The standard InChI is InChI=1S/C13H14ClN3O2/c1-13(2,12(15)19)17-10(7-14)16-9-6-4-3-5-8(9)11(17)18/h3-6H,7H2,1-2H3,(H2,15,19). The van der Waals surface area contributed by atoms with Crippen LogP contribution in [0, 0.1) is 0 Å². The van der Waals surface area contributed by atoms with E-state index < -0.39 is 11.4 Å². The smallest absolute Gasteiger partial charge is 0.262 e. The minimum atomic E-state index is -1.18. The van der Waals surface area contributed by atoms with Gasteiger partial charge in [0.25, 0.3) is 5.56 Å². The molecule has 19 heavy (non-hydrogen) atoms. The normalized spacial score (nSPS) is 11.7. The first kappa shape index (κ1) is 13.5. The van der Waals surface area contributed by atoms with Crippen LogP contribution in [0.3, 0.4) is 0 Å². The minimum absolute atomic E-state index is 0.0246. The van der Waals surface area contributed by atoms with Crippen LogP contribution < -0.4 is 11.3 Å². The van der Waals surface area contributed by atoms with Crippen LogP contribution in [-0.2, 0) is 16.2 Å². The van der Waals surface area contributed by atoms with E-state index in [0.29, 0.717) is 16.7 Å². The van der Waals surface area contributed by atoms with Crippen LogP contribution in [0.1, 0.15) is 19.7 Å². The Kier molecular flexibility index (Phi) is 3.32. The average Bonchev–Trinajstić information content (AvgIpc) is 2.37. The molecule has 2 aromatic rings. The summed E-state index contributed by atoms with van der Waals surface area (Å²) >= 11 is 5.84. The van der Waals surface area contributed by atoms with Crippen molar-refractivity contribution in [2.24, 2.45) is 5.73 Å². The number of amides is 1. The molecular weight excluding hydrogens is 266 g/mol. The summed E-state index contributed by atoms with van der Waals surface area (Å²) in [6, 6.07) is 6.92. The molecule has 0 saturated carbocycles. The van der Waals surface area contributed by atoms with E-state index in [1.807, 2.05) is 0 Å². The maximum absolute atomic E-state index is 12.5. The molecule has 100 valence electrons. The summed E-state index contributed by atoms with van der Waals surface area (Å²) in [5.74, 6) is -0.260. The Bertz CT molecular complexity index is 707. The van der Waals surface area contributed by atoms with Crippen molar-refractivity contribution in [3.8, 4) is 0 Å². The number of alkyl halides is 1. The number of hydrogen-bond acceptors (Lipinski definition) is 3. The molecule has 0 bridgehead atoms. The number of carbonyl (C=O) groups excluding carboxylic acids is 1. The highest BCUT2D eigenvalue weighted by atomic mass is 35.5. The van der Waals surface area contributed by atoms with Gasteiger partial charge in [0.15, 0.2) is 0 Å². The van der Waals surface area contributed by atoms with E-state index in [1.165, 1.54) is 4.57 Å². The SMILES string of the molecule is CC(C)(C(N)=O)n1c(CCl)nc2ccccc2c1=O. The van der Waals surface area contributed by atoms with Crippen molar-refractivity contribution in [1.29, 1.82) is 0 Å². The summed E-state index contributed by atoms with van der Waals surface area (Å²) in [6.45, 7) is 3.15. The van der Waals surface area contributed by atoms with Crippen LogP contribution in [-0.4, -0.2) is 15.5 Å². The molecule has 0 atom stereocenters. The van der Waals surface area contributed by atoms with Crippen LogP contribution in [0.25, 0.3) is 10.9 Å². The maximum Gasteiger partial charge on any atom is 0.262 e. The molecule has 6 heteroatoms. The highest BCUT2D eigenvalue weighted by Crippen LogP contribution is 2.18. The highest BCUT2D eigenvalue weighted by molar-refractivity contribution is 6.16. The Labute approximate surface area is 115 Å². The first-order valence-corrected chi connectivity index (χ1v) is 6.30. The quantitative estimate of drug-likeness (QED) is 0.862. The lowest BCUT2D eigenvalue weighted by Crippen LogP contribution is -2.48. The Hall–Kier alpha value is -1.88. The van der Waals surface area contributed by atoms with Gasteiger partial charge in [0.1, 0.15) is 11.4 Å². The van der Waals surface area contributed by atoms with E-state index in [2.05, 4.69) is 4.98 Å².